The van der Waals surface area contributed by atoms with Crippen molar-refractivity contribution in [2.75, 3.05) is 31.5 Å². The van der Waals surface area contributed by atoms with Gasteiger partial charge in [0.2, 0.25) is 0 Å². The number of rotatable bonds is 4. The van der Waals surface area contributed by atoms with Gasteiger partial charge >= 0.3 is 12.1 Å². The summed E-state index contributed by atoms with van der Waals surface area (Å²) in [5, 5.41) is 2.95. The third kappa shape index (κ3) is 4.72. The second-order valence-corrected chi connectivity index (χ2v) is 8.46. The van der Waals surface area contributed by atoms with Gasteiger partial charge in [-0.1, -0.05) is 52.3 Å². The average Bonchev–Trinajstić information content (AvgIpc) is 3.09. The van der Waals surface area contributed by atoms with Crippen LogP contribution in [-0.2, 0) is 6.54 Å². The number of hydrogen-bond acceptors (Lipinski definition) is 2. The third-order valence-electron chi connectivity index (χ3n) is 5.61. The van der Waals surface area contributed by atoms with Gasteiger partial charge in [-0.05, 0) is 36.6 Å². The van der Waals surface area contributed by atoms with Crippen molar-refractivity contribution in [2.24, 2.45) is 0 Å². The number of halogens is 1. The fraction of sp³-hybridized carbons (Fsp3) is 0.364. The second-order valence-electron chi connectivity index (χ2n) is 7.54. The second kappa shape index (κ2) is 8.86. The summed E-state index contributed by atoms with van der Waals surface area (Å²) in [6, 6.07) is 17.9. The molecule has 6 nitrogen and oxygen atoms in total. The summed E-state index contributed by atoms with van der Waals surface area (Å²) in [5.74, 6) is 0. The monoisotopic (exact) mass is 456 g/mol. The first-order valence-electron chi connectivity index (χ1n) is 10.0. The summed E-state index contributed by atoms with van der Waals surface area (Å²) in [4.78, 5) is 31.1. The van der Waals surface area contributed by atoms with Crippen LogP contribution in [0, 0.1) is 0 Å². The molecule has 1 N–H and O–H groups in total. The molecule has 152 valence electrons. The van der Waals surface area contributed by atoms with Crippen molar-refractivity contribution in [3.05, 3.63) is 64.6 Å². The van der Waals surface area contributed by atoms with Gasteiger partial charge in [0.25, 0.3) is 0 Å². The Hall–Kier alpha value is -2.54. The van der Waals surface area contributed by atoms with E-state index in [0.717, 1.165) is 41.7 Å². The molecular weight excluding hydrogens is 432 g/mol. The van der Waals surface area contributed by atoms with E-state index in [1.54, 1.807) is 0 Å². The SMILES string of the molecule is O=C(Nc1cccc(Br)c1)N1CCC(N2CCN(Cc3ccccc3)C2=O)CC1. The number of carbonyl (C=O) groups is 2. The van der Waals surface area contributed by atoms with Crippen LogP contribution in [0.15, 0.2) is 59.1 Å². The zero-order valence-electron chi connectivity index (χ0n) is 16.3. The van der Waals surface area contributed by atoms with Crippen LogP contribution in [0.5, 0.6) is 0 Å². The van der Waals surface area contributed by atoms with Gasteiger partial charge in [-0.25, -0.2) is 9.59 Å². The van der Waals surface area contributed by atoms with Gasteiger partial charge in [-0.15, -0.1) is 0 Å². The Balaban J connectivity index is 1.28. The summed E-state index contributed by atoms with van der Waals surface area (Å²) in [6.45, 7) is 3.50. The molecule has 2 heterocycles. The van der Waals surface area contributed by atoms with E-state index in [-0.39, 0.29) is 18.1 Å². The van der Waals surface area contributed by atoms with Crippen LogP contribution in [0.2, 0.25) is 0 Å². The molecule has 2 aromatic carbocycles. The molecule has 2 saturated heterocycles. The van der Waals surface area contributed by atoms with Crippen LogP contribution in [0.4, 0.5) is 15.3 Å². The Labute approximate surface area is 179 Å². The Morgan fingerprint density at radius 1 is 1.00 bits per heavy atom. The number of piperidine rings is 1. The molecule has 0 atom stereocenters. The number of hydrogen-bond donors (Lipinski definition) is 1. The number of benzene rings is 2. The largest absolute Gasteiger partial charge is 0.324 e. The molecule has 4 rings (SSSR count). The molecule has 2 aliphatic rings. The fourth-order valence-corrected chi connectivity index (χ4v) is 4.44. The molecule has 2 fully saturated rings. The maximum atomic E-state index is 12.9. The number of urea groups is 2. The number of amides is 4. The predicted molar refractivity (Wildman–Crippen MR) is 117 cm³/mol. The number of likely N-dealkylation sites (tertiary alicyclic amines) is 1. The highest BCUT2D eigenvalue weighted by molar-refractivity contribution is 9.10. The Kier molecular flexibility index (Phi) is 6.04. The first-order valence-corrected chi connectivity index (χ1v) is 10.8. The summed E-state index contributed by atoms with van der Waals surface area (Å²) in [7, 11) is 0. The van der Waals surface area contributed by atoms with Crippen LogP contribution >= 0.6 is 15.9 Å². The van der Waals surface area contributed by atoms with Crippen LogP contribution in [-0.4, -0.2) is 59.0 Å². The van der Waals surface area contributed by atoms with Crippen LogP contribution in [0.3, 0.4) is 0 Å². The first kappa shape index (κ1) is 19.8. The van der Waals surface area contributed by atoms with E-state index in [1.807, 2.05) is 57.2 Å². The molecule has 0 saturated carbocycles. The van der Waals surface area contributed by atoms with E-state index >= 15 is 0 Å². The minimum absolute atomic E-state index is 0.0833. The van der Waals surface area contributed by atoms with Gasteiger partial charge in [0.15, 0.2) is 0 Å². The fourth-order valence-electron chi connectivity index (χ4n) is 4.04. The summed E-state index contributed by atoms with van der Waals surface area (Å²) in [6.07, 6.45) is 1.63. The summed E-state index contributed by atoms with van der Waals surface area (Å²) in [5.41, 5.74) is 1.93. The van der Waals surface area contributed by atoms with Gasteiger partial charge in [0.1, 0.15) is 0 Å². The van der Waals surface area contributed by atoms with Crippen molar-refractivity contribution in [3.8, 4) is 0 Å². The lowest BCUT2D eigenvalue weighted by molar-refractivity contribution is 0.139. The molecule has 0 bridgehead atoms. The lowest BCUT2D eigenvalue weighted by Crippen LogP contribution is -2.49. The number of carbonyl (C=O) groups excluding carboxylic acids is 2. The number of nitrogens with zero attached hydrogens (tertiary/aromatic N) is 3. The van der Waals surface area contributed by atoms with Crippen LogP contribution in [0.25, 0.3) is 0 Å². The predicted octanol–water partition coefficient (Wildman–Crippen LogP) is 4.38. The minimum Gasteiger partial charge on any atom is -0.324 e. The van der Waals surface area contributed by atoms with Crippen molar-refractivity contribution in [1.82, 2.24) is 14.7 Å². The van der Waals surface area contributed by atoms with E-state index in [4.69, 9.17) is 0 Å². The molecule has 0 spiro atoms. The normalized spacial score (nSPS) is 17.7. The van der Waals surface area contributed by atoms with Gasteiger partial charge < -0.3 is 20.0 Å². The highest BCUT2D eigenvalue weighted by atomic mass is 79.9. The topological polar surface area (TPSA) is 55.9 Å². The van der Waals surface area contributed by atoms with Crippen molar-refractivity contribution in [3.63, 3.8) is 0 Å². The smallest absolute Gasteiger partial charge is 0.321 e. The molecule has 29 heavy (non-hydrogen) atoms. The van der Waals surface area contributed by atoms with Gasteiger partial charge in [0.05, 0.1) is 0 Å². The zero-order valence-corrected chi connectivity index (χ0v) is 17.8. The molecule has 4 amide bonds. The standard InChI is InChI=1S/C22H25BrN4O2/c23-18-7-4-8-19(15-18)24-21(28)25-11-9-20(10-12-25)27-14-13-26(22(27)29)16-17-5-2-1-3-6-17/h1-8,15,20H,9-14,16H2,(H,24,28). The highest BCUT2D eigenvalue weighted by Crippen LogP contribution is 2.23. The molecule has 2 aliphatic heterocycles. The van der Waals surface area contributed by atoms with Crippen molar-refractivity contribution >= 4 is 33.7 Å². The van der Waals surface area contributed by atoms with Crippen molar-refractivity contribution in [2.45, 2.75) is 25.4 Å². The Bertz CT molecular complexity index is 868. The maximum absolute atomic E-state index is 12.9. The third-order valence-corrected chi connectivity index (χ3v) is 6.10. The number of nitrogens with one attached hydrogen (secondary N) is 1. The molecule has 0 aliphatic carbocycles. The van der Waals surface area contributed by atoms with E-state index in [0.29, 0.717) is 19.6 Å². The van der Waals surface area contributed by atoms with E-state index in [2.05, 4.69) is 33.4 Å². The van der Waals surface area contributed by atoms with Crippen LogP contribution in [0.1, 0.15) is 18.4 Å². The van der Waals surface area contributed by atoms with E-state index in [9.17, 15) is 9.59 Å². The van der Waals surface area contributed by atoms with Crippen molar-refractivity contribution in [1.29, 1.82) is 0 Å². The van der Waals surface area contributed by atoms with E-state index in [1.165, 1.54) is 0 Å². The molecular formula is C22H25BrN4O2. The van der Waals surface area contributed by atoms with Gasteiger partial charge in [0, 0.05) is 48.9 Å². The molecule has 7 heteroatoms. The Morgan fingerprint density at radius 2 is 1.76 bits per heavy atom. The molecule has 2 aromatic rings. The van der Waals surface area contributed by atoms with Gasteiger partial charge in [-0.2, -0.15) is 0 Å². The number of anilines is 1. The average molecular weight is 457 g/mol. The summed E-state index contributed by atoms with van der Waals surface area (Å²) < 4.78 is 0.932. The summed E-state index contributed by atoms with van der Waals surface area (Å²) >= 11 is 3.42. The molecule has 0 unspecified atom stereocenters. The zero-order chi connectivity index (χ0) is 20.2. The minimum atomic E-state index is -0.0833. The maximum Gasteiger partial charge on any atom is 0.321 e. The van der Waals surface area contributed by atoms with E-state index < -0.39 is 0 Å². The van der Waals surface area contributed by atoms with Crippen LogP contribution < -0.4 is 5.32 Å². The Morgan fingerprint density at radius 3 is 2.48 bits per heavy atom. The lowest BCUT2D eigenvalue weighted by atomic mass is 10.0. The quantitative estimate of drug-likeness (QED) is 0.741. The molecule has 0 radical (unpaired) electrons. The van der Waals surface area contributed by atoms with Crippen molar-refractivity contribution < 1.29 is 9.59 Å². The highest BCUT2D eigenvalue weighted by Gasteiger charge is 2.35. The first-order chi connectivity index (χ1) is 14.1. The lowest BCUT2D eigenvalue weighted by Gasteiger charge is -2.36. The van der Waals surface area contributed by atoms with Gasteiger partial charge in [-0.3, -0.25) is 0 Å². The molecule has 0 aromatic heterocycles.